The summed E-state index contributed by atoms with van der Waals surface area (Å²) in [5.41, 5.74) is -9.64. The van der Waals surface area contributed by atoms with Crippen LogP contribution in [0.15, 0.2) is 0 Å². The Morgan fingerprint density at radius 1 is 0.394 bits per heavy atom. The molecule has 0 radical (unpaired) electrons. The standard InChI is InChI=1S/C12H10O14.7K/c13-4(14)1-2(5(15)16)11(7(19)20,8(21)22)12(9(23)24,10(25)26)3(1)6(17)18;;;;;;;/h1-3H,(H,13,14)(H,15,16)(H,17,18)(H,19,20)(H,21,22)(H,23,24)(H,25,26);;;;;;;/q;7*+1/p-7. The third-order valence-electron chi connectivity index (χ3n) is 4.34. The average Bonchev–Trinajstić information content (AvgIpc) is 2.76. The summed E-state index contributed by atoms with van der Waals surface area (Å²) in [6.07, 6.45) is 0. The van der Waals surface area contributed by atoms with Crippen LogP contribution < -0.4 is 395 Å². The number of carbonyl (C=O) groups is 7. The minimum atomic E-state index is -4.82. The molecule has 0 heterocycles. The second-order valence-electron chi connectivity index (χ2n) is 5.20. The Balaban J connectivity index is -0.000000193. The van der Waals surface area contributed by atoms with Gasteiger partial charge in [-0.15, -0.1) is 0 Å². The molecule has 1 aliphatic carbocycles. The maximum absolute atomic E-state index is 11.4. The van der Waals surface area contributed by atoms with E-state index in [9.17, 15) is 69.3 Å². The summed E-state index contributed by atoms with van der Waals surface area (Å²) in [6, 6.07) is 0. The number of carboxylic acid groups (broad SMARTS) is 7. The molecule has 0 aromatic carbocycles. The van der Waals surface area contributed by atoms with Crippen LogP contribution in [0.1, 0.15) is 0 Å². The van der Waals surface area contributed by atoms with E-state index >= 15 is 0 Å². The molecular weight excluding hydrogens is 642 g/mol. The van der Waals surface area contributed by atoms with Gasteiger partial charge in [0.05, 0.1) is 34.7 Å². The normalized spacial score (nSPS) is 20.3. The summed E-state index contributed by atoms with van der Waals surface area (Å²) in [6.45, 7) is 0. The van der Waals surface area contributed by atoms with E-state index in [1.54, 1.807) is 0 Å². The molecular formula is C12H3K7O14. The zero-order chi connectivity index (χ0) is 20.8. The summed E-state index contributed by atoms with van der Waals surface area (Å²) in [7, 11) is 0. The molecule has 1 aliphatic rings. The first-order valence-corrected chi connectivity index (χ1v) is 6.22. The molecule has 14 nitrogen and oxygen atoms in total. The maximum Gasteiger partial charge on any atom is 1.00 e. The molecule has 0 amide bonds. The van der Waals surface area contributed by atoms with Gasteiger partial charge in [0.25, 0.3) is 0 Å². The molecule has 2 unspecified atom stereocenters. The van der Waals surface area contributed by atoms with Crippen molar-refractivity contribution >= 4 is 41.8 Å². The van der Waals surface area contributed by atoms with Crippen LogP contribution in [0.4, 0.5) is 0 Å². The second kappa shape index (κ2) is 24.1. The van der Waals surface area contributed by atoms with E-state index in [-0.39, 0.29) is 360 Å². The Labute approximate surface area is 483 Å². The third kappa shape index (κ3) is 10.7. The summed E-state index contributed by atoms with van der Waals surface area (Å²) in [5, 5.41) is 79.2. The summed E-state index contributed by atoms with van der Waals surface area (Å²) < 4.78 is 0. The van der Waals surface area contributed by atoms with Crippen LogP contribution in [0.3, 0.4) is 0 Å². The quantitative estimate of drug-likeness (QED) is 0.184. The predicted molar refractivity (Wildman–Crippen MR) is 50.4 cm³/mol. The molecule has 1 fully saturated rings. The number of hydrogen-bond acceptors (Lipinski definition) is 14. The Bertz CT molecular complexity index is 688. The fraction of sp³-hybridized carbons (Fsp3) is 0.417. The third-order valence-corrected chi connectivity index (χ3v) is 4.34. The first kappa shape index (κ1) is 56.5. The van der Waals surface area contributed by atoms with Crippen molar-refractivity contribution in [2.45, 2.75) is 0 Å². The van der Waals surface area contributed by atoms with Crippen molar-refractivity contribution in [3.63, 3.8) is 0 Å². The van der Waals surface area contributed by atoms with Gasteiger partial charge < -0.3 is 69.3 Å². The minimum absolute atomic E-state index is 0. The van der Waals surface area contributed by atoms with Gasteiger partial charge in [0.2, 0.25) is 0 Å². The Morgan fingerprint density at radius 3 is 0.667 bits per heavy atom. The maximum atomic E-state index is 11.4. The van der Waals surface area contributed by atoms with E-state index in [0.717, 1.165) is 0 Å². The summed E-state index contributed by atoms with van der Waals surface area (Å²) in [5.74, 6) is -32.6. The van der Waals surface area contributed by atoms with Crippen molar-refractivity contribution in [3.05, 3.63) is 0 Å². The van der Waals surface area contributed by atoms with Crippen molar-refractivity contribution in [3.8, 4) is 0 Å². The van der Waals surface area contributed by atoms with E-state index in [1.165, 1.54) is 0 Å². The smallest absolute Gasteiger partial charge is 0.550 e. The minimum Gasteiger partial charge on any atom is -0.550 e. The molecule has 0 bridgehead atoms. The second-order valence-corrected chi connectivity index (χ2v) is 5.20. The van der Waals surface area contributed by atoms with Gasteiger partial charge in [-0.3, -0.25) is 0 Å². The number of carbonyl (C=O) groups excluding carboxylic acids is 7. The Kier molecular flexibility index (Phi) is 41.3. The van der Waals surface area contributed by atoms with E-state index in [2.05, 4.69) is 0 Å². The first-order valence-electron chi connectivity index (χ1n) is 6.22. The Hall–Kier alpha value is 7.74. The molecule has 1 rings (SSSR count). The van der Waals surface area contributed by atoms with Crippen LogP contribution in [0.5, 0.6) is 0 Å². The van der Waals surface area contributed by atoms with Gasteiger partial charge in [-0.1, -0.05) is 0 Å². The molecule has 0 aliphatic heterocycles. The zero-order valence-electron chi connectivity index (χ0n) is 18.9. The zero-order valence-corrected chi connectivity index (χ0v) is 40.8. The summed E-state index contributed by atoms with van der Waals surface area (Å²) >= 11 is 0. The van der Waals surface area contributed by atoms with Crippen molar-refractivity contribution in [2.75, 3.05) is 0 Å². The monoisotopic (exact) mass is 644 g/mol. The molecule has 142 valence electrons. The van der Waals surface area contributed by atoms with E-state index in [1.807, 2.05) is 0 Å². The summed E-state index contributed by atoms with van der Waals surface area (Å²) in [4.78, 5) is 79.2. The van der Waals surface area contributed by atoms with Gasteiger partial charge in [0.1, 0.15) is 0 Å². The molecule has 0 aromatic rings. The van der Waals surface area contributed by atoms with Crippen molar-refractivity contribution in [1.29, 1.82) is 0 Å². The van der Waals surface area contributed by atoms with Gasteiger partial charge in [-0.05, 0) is 0 Å². The first-order chi connectivity index (χ1) is 11.7. The predicted octanol–water partition coefficient (Wildman–Crippen LogP) is -32.9. The molecule has 1 saturated carbocycles. The molecule has 0 N–H and O–H groups in total. The van der Waals surface area contributed by atoms with Gasteiger partial charge in [-0.25, -0.2) is 0 Å². The Morgan fingerprint density at radius 2 is 0.576 bits per heavy atom. The van der Waals surface area contributed by atoms with Crippen LogP contribution in [0, 0.1) is 28.6 Å². The fourth-order valence-electron chi connectivity index (χ4n) is 3.46. The fourth-order valence-corrected chi connectivity index (χ4v) is 3.46. The van der Waals surface area contributed by atoms with Crippen LogP contribution >= 0.6 is 0 Å². The van der Waals surface area contributed by atoms with Gasteiger partial charge in [0, 0.05) is 35.7 Å². The molecule has 21 heteroatoms. The van der Waals surface area contributed by atoms with E-state index in [0.29, 0.717) is 0 Å². The van der Waals surface area contributed by atoms with Crippen molar-refractivity contribution in [1.82, 2.24) is 0 Å². The number of aliphatic carboxylic acids is 7. The molecule has 2 atom stereocenters. The molecule has 0 aromatic heterocycles. The average molecular weight is 645 g/mol. The molecule has 0 saturated heterocycles. The van der Waals surface area contributed by atoms with Gasteiger partial charge >= 0.3 is 360 Å². The van der Waals surface area contributed by atoms with Gasteiger partial charge in [-0.2, -0.15) is 0 Å². The van der Waals surface area contributed by atoms with Crippen molar-refractivity contribution in [2.24, 2.45) is 28.6 Å². The number of rotatable bonds is 7. The van der Waals surface area contributed by atoms with Crippen LogP contribution in [0.2, 0.25) is 0 Å². The largest absolute Gasteiger partial charge is 1.00 e. The van der Waals surface area contributed by atoms with Gasteiger partial charge in [0.15, 0.2) is 0 Å². The number of carboxylic acids is 7. The van der Waals surface area contributed by atoms with Crippen LogP contribution in [0.25, 0.3) is 0 Å². The number of hydrogen-bond donors (Lipinski definition) is 0. The SMILES string of the molecule is O=C([O-])C1C(C(=O)[O-])C(C(=O)[O-])(C(=O)[O-])C(C(=O)[O-])(C(=O)[O-])C1C(=O)[O-].[K+].[K+].[K+].[K+].[K+].[K+].[K+]. The van der Waals surface area contributed by atoms with Crippen LogP contribution in [-0.4, -0.2) is 41.8 Å². The van der Waals surface area contributed by atoms with E-state index < -0.39 is 70.4 Å². The van der Waals surface area contributed by atoms with E-state index in [4.69, 9.17) is 0 Å². The topological polar surface area (TPSA) is 281 Å². The van der Waals surface area contributed by atoms with Crippen molar-refractivity contribution < 1.29 is 429 Å². The molecule has 0 spiro atoms. The van der Waals surface area contributed by atoms with Crippen LogP contribution in [-0.2, 0) is 33.6 Å². The molecule has 33 heavy (non-hydrogen) atoms.